The molecule has 1 fully saturated rings. The van der Waals surface area contributed by atoms with Gasteiger partial charge in [0.1, 0.15) is 5.75 Å². The van der Waals surface area contributed by atoms with Crippen LogP contribution < -0.4 is 10.1 Å². The van der Waals surface area contributed by atoms with Gasteiger partial charge in [0.2, 0.25) is 0 Å². The number of aliphatic carboxylic acids is 1. The van der Waals surface area contributed by atoms with Gasteiger partial charge < -0.3 is 20.1 Å². The highest BCUT2D eigenvalue weighted by Crippen LogP contribution is 2.25. The van der Waals surface area contributed by atoms with Crippen molar-refractivity contribution in [3.8, 4) is 5.75 Å². The van der Waals surface area contributed by atoms with Crippen LogP contribution in [0.4, 0.5) is 4.79 Å². The number of piperidine rings is 1. The third-order valence-electron chi connectivity index (χ3n) is 4.04. The van der Waals surface area contributed by atoms with Crippen LogP contribution >= 0.6 is 11.6 Å². The van der Waals surface area contributed by atoms with Gasteiger partial charge in [0.05, 0.1) is 18.1 Å². The number of halogens is 1. The zero-order valence-corrected chi connectivity index (χ0v) is 13.8. The van der Waals surface area contributed by atoms with E-state index in [4.69, 9.17) is 21.4 Å². The number of carbonyl (C=O) groups excluding carboxylic acids is 1. The lowest BCUT2D eigenvalue weighted by Gasteiger charge is -2.30. The third kappa shape index (κ3) is 4.76. The third-order valence-corrected chi connectivity index (χ3v) is 4.35. The van der Waals surface area contributed by atoms with Crippen molar-refractivity contribution >= 4 is 23.6 Å². The summed E-state index contributed by atoms with van der Waals surface area (Å²) in [5, 5.41) is 12.4. The number of nitrogens with zero attached hydrogens (tertiary/aromatic N) is 1. The molecule has 126 valence electrons. The summed E-state index contributed by atoms with van der Waals surface area (Å²) in [5.41, 5.74) is 1.02. The first-order valence-electron chi connectivity index (χ1n) is 7.59. The van der Waals surface area contributed by atoms with Crippen LogP contribution in [0.5, 0.6) is 5.75 Å². The minimum absolute atomic E-state index is 0.144. The number of carboxylic acid groups (broad SMARTS) is 1. The lowest BCUT2D eigenvalue weighted by atomic mass is 9.97. The summed E-state index contributed by atoms with van der Waals surface area (Å²) in [6.07, 6.45) is 1.69. The van der Waals surface area contributed by atoms with E-state index in [1.807, 2.05) is 12.1 Å². The molecule has 0 unspecified atom stereocenters. The van der Waals surface area contributed by atoms with E-state index in [-0.39, 0.29) is 11.9 Å². The van der Waals surface area contributed by atoms with Crippen molar-refractivity contribution in [3.63, 3.8) is 0 Å². The van der Waals surface area contributed by atoms with Crippen LogP contribution in [-0.4, -0.2) is 48.8 Å². The Bertz CT molecular complexity index is 571. The second-order valence-corrected chi connectivity index (χ2v) is 5.96. The number of hydrogen-bond acceptors (Lipinski definition) is 3. The molecule has 2 amide bonds. The van der Waals surface area contributed by atoms with Crippen LogP contribution in [0, 0.1) is 5.92 Å². The summed E-state index contributed by atoms with van der Waals surface area (Å²) in [6, 6.07) is 5.38. The first-order chi connectivity index (χ1) is 11.0. The van der Waals surface area contributed by atoms with E-state index < -0.39 is 5.97 Å². The average molecular weight is 341 g/mol. The maximum Gasteiger partial charge on any atom is 0.317 e. The fourth-order valence-corrected chi connectivity index (χ4v) is 2.81. The number of urea groups is 1. The number of rotatable bonds is 5. The maximum absolute atomic E-state index is 12.1. The standard InChI is InChI=1S/C16H21ClN2O4/c1-23-14-10-11(2-3-13(14)17)4-7-18-16(22)19-8-5-12(6-9-19)15(20)21/h2-3,10,12H,4-9H2,1H3,(H,18,22)(H,20,21). The molecule has 0 bridgehead atoms. The summed E-state index contributed by atoms with van der Waals surface area (Å²) in [5.74, 6) is -0.492. The molecule has 1 aromatic carbocycles. The van der Waals surface area contributed by atoms with Gasteiger partial charge in [0.25, 0.3) is 0 Å². The predicted molar refractivity (Wildman–Crippen MR) is 87.0 cm³/mol. The average Bonchev–Trinajstić information content (AvgIpc) is 2.56. The topological polar surface area (TPSA) is 78.9 Å². The van der Waals surface area contributed by atoms with Crippen LogP contribution in [-0.2, 0) is 11.2 Å². The van der Waals surface area contributed by atoms with Crippen molar-refractivity contribution < 1.29 is 19.4 Å². The highest BCUT2D eigenvalue weighted by Gasteiger charge is 2.26. The molecule has 0 aromatic heterocycles. The van der Waals surface area contributed by atoms with E-state index in [1.165, 1.54) is 0 Å². The molecule has 0 spiro atoms. The second-order valence-electron chi connectivity index (χ2n) is 5.55. The molecule has 6 nitrogen and oxygen atoms in total. The van der Waals surface area contributed by atoms with Crippen molar-refractivity contribution in [3.05, 3.63) is 28.8 Å². The summed E-state index contributed by atoms with van der Waals surface area (Å²) < 4.78 is 5.16. The molecule has 1 aliphatic heterocycles. The number of carboxylic acids is 1. The molecule has 2 N–H and O–H groups in total. The van der Waals surface area contributed by atoms with Gasteiger partial charge in [-0.1, -0.05) is 17.7 Å². The molecule has 1 aromatic rings. The summed E-state index contributed by atoms with van der Waals surface area (Å²) in [6.45, 7) is 1.47. The zero-order valence-electron chi connectivity index (χ0n) is 13.0. The predicted octanol–water partition coefficient (Wildman–Crippen LogP) is 2.40. The monoisotopic (exact) mass is 340 g/mol. The van der Waals surface area contributed by atoms with Crippen molar-refractivity contribution in [2.75, 3.05) is 26.7 Å². The summed E-state index contributed by atoms with van der Waals surface area (Å²) in [7, 11) is 1.56. The molecule has 0 atom stereocenters. The Labute approximate surface area is 140 Å². The Hall–Kier alpha value is -1.95. The van der Waals surface area contributed by atoms with Crippen LogP contribution in [0.25, 0.3) is 0 Å². The quantitative estimate of drug-likeness (QED) is 0.862. The Balaban J connectivity index is 1.76. The van der Waals surface area contributed by atoms with Gasteiger partial charge in [-0.3, -0.25) is 4.79 Å². The van der Waals surface area contributed by atoms with Crippen LogP contribution in [0.15, 0.2) is 18.2 Å². The second kappa shape index (κ2) is 8.06. The number of hydrogen-bond donors (Lipinski definition) is 2. The van der Waals surface area contributed by atoms with E-state index in [1.54, 1.807) is 18.1 Å². The first-order valence-corrected chi connectivity index (χ1v) is 7.97. The van der Waals surface area contributed by atoms with E-state index in [0.29, 0.717) is 49.7 Å². The van der Waals surface area contributed by atoms with Gasteiger partial charge in [-0.25, -0.2) is 4.79 Å². The smallest absolute Gasteiger partial charge is 0.317 e. The molecule has 1 aliphatic rings. The lowest BCUT2D eigenvalue weighted by molar-refractivity contribution is -0.143. The van der Waals surface area contributed by atoms with Crippen molar-refractivity contribution in [1.82, 2.24) is 10.2 Å². The molecular weight excluding hydrogens is 320 g/mol. The zero-order chi connectivity index (χ0) is 16.8. The highest BCUT2D eigenvalue weighted by atomic mass is 35.5. The summed E-state index contributed by atoms with van der Waals surface area (Å²) in [4.78, 5) is 24.6. The SMILES string of the molecule is COc1cc(CCNC(=O)N2CCC(C(=O)O)CC2)ccc1Cl. The number of carbonyl (C=O) groups is 2. The molecule has 0 saturated carbocycles. The van der Waals surface area contributed by atoms with E-state index in [0.717, 1.165) is 5.56 Å². The van der Waals surface area contributed by atoms with Crippen molar-refractivity contribution in [1.29, 1.82) is 0 Å². The fraction of sp³-hybridized carbons (Fsp3) is 0.500. The van der Waals surface area contributed by atoms with Gasteiger partial charge in [0, 0.05) is 19.6 Å². The molecular formula is C16H21ClN2O4. The molecule has 0 radical (unpaired) electrons. The van der Waals surface area contributed by atoms with E-state index >= 15 is 0 Å². The number of benzene rings is 1. The fourth-order valence-electron chi connectivity index (χ4n) is 2.61. The molecule has 1 saturated heterocycles. The Kier molecular flexibility index (Phi) is 6.10. The maximum atomic E-state index is 12.1. The molecule has 23 heavy (non-hydrogen) atoms. The van der Waals surface area contributed by atoms with Crippen molar-refractivity contribution in [2.45, 2.75) is 19.3 Å². The summed E-state index contributed by atoms with van der Waals surface area (Å²) >= 11 is 5.97. The lowest BCUT2D eigenvalue weighted by Crippen LogP contribution is -2.45. The van der Waals surface area contributed by atoms with E-state index in [9.17, 15) is 9.59 Å². The Morgan fingerprint density at radius 2 is 2.09 bits per heavy atom. The first kappa shape index (κ1) is 17.4. The normalized spacial score (nSPS) is 15.3. The highest BCUT2D eigenvalue weighted by molar-refractivity contribution is 6.32. The van der Waals surface area contributed by atoms with E-state index in [2.05, 4.69) is 5.32 Å². The van der Waals surface area contributed by atoms with Gasteiger partial charge in [0.15, 0.2) is 0 Å². The van der Waals surface area contributed by atoms with Gasteiger partial charge >= 0.3 is 12.0 Å². The number of amides is 2. The van der Waals surface area contributed by atoms with Gasteiger partial charge in [-0.05, 0) is 37.0 Å². The van der Waals surface area contributed by atoms with Gasteiger partial charge in [-0.2, -0.15) is 0 Å². The number of methoxy groups -OCH3 is 1. The minimum atomic E-state index is -0.776. The Morgan fingerprint density at radius 1 is 1.39 bits per heavy atom. The van der Waals surface area contributed by atoms with Crippen LogP contribution in [0.1, 0.15) is 18.4 Å². The number of nitrogens with one attached hydrogen (secondary N) is 1. The molecule has 7 heteroatoms. The molecule has 2 rings (SSSR count). The number of ether oxygens (including phenoxy) is 1. The van der Waals surface area contributed by atoms with Crippen LogP contribution in [0.3, 0.4) is 0 Å². The molecule has 1 heterocycles. The minimum Gasteiger partial charge on any atom is -0.495 e. The van der Waals surface area contributed by atoms with Crippen LogP contribution in [0.2, 0.25) is 5.02 Å². The number of likely N-dealkylation sites (tertiary alicyclic amines) is 1. The van der Waals surface area contributed by atoms with Crippen molar-refractivity contribution in [2.24, 2.45) is 5.92 Å². The Morgan fingerprint density at radius 3 is 2.70 bits per heavy atom. The largest absolute Gasteiger partial charge is 0.495 e. The molecule has 0 aliphatic carbocycles. The van der Waals surface area contributed by atoms with Gasteiger partial charge in [-0.15, -0.1) is 0 Å².